The Labute approximate surface area is 171 Å². The quantitative estimate of drug-likeness (QED) is 0.450. The van der Waals surface area contributed by atoms with E-state index in [1.165, 1.54) is 28.3 Å². The number of rotatable bonds is 3. The van der Waals surface area contributed by atoms with Crippen molar-refractivity contribution in [2.24, 2.45) is 0 Å². The van der Waals surface area contributed by atoms with Crippen molar-refractivity contribution in [1.29, 1.82) is 0 Å². The minimum absolute atomic E-state index is 0.0570. The van der Waals surface area contributed by atoms with E-state index < -0.39 is 11.7 Å². The van der Waals surface area contributed by atoms with E-state index in [1.807, 2.05) is 5.38 Å². The maximum Gasteiger partial charge on any atom is 0.416 e. The molecule has 0 amide bonds. The summed E-state index contributed by atoms with van der Waals surface area (Å²) >= 11 is 2.94. The Morgan fingerprint density at radius 2 is 1.93 bits per heavy atom. The number of fused-ring (bicyclic) bond motifs is 3. The molecule has 3 aromatic heterocycles. The molecule has 1 aliphatic rings. The van der Waals surface area contributed by atoms with Crippen LogP contribution in [0.3, 0.4) is 0 Å². The standard InChI is InChI=1S/C20H14F3N3OS2/c21-20(22,23)12-6-4-11(5-7-12)17-25-13(9-28-17)8-26-10-24-18-16(19(26)27)14-2-1-3-15(14)29-18/h4-7,9-10H,1-3,8H2. The largest absolute Gasteiger partial charge is 0.416 e. The van der Waals surface area contributed by atoms with Crippen LogP contribution in [0.2, 0.25) is 0 Å². The molecular formula is C20H14F3N3OS2. The van der Waals surface area contributed by atoms with Gasteiger partial charge in [0, 0.05) is 15.8 Å². The summed E-state index contributed by atoms with van der Waals surface area (Å²) in [6, 6.07) is 4.94. The van der Waals surface area contributed by atoms with Crippen LogP contribution in [0.5, 0.6) is 0 Å². The Hall–Kier alpha value is -2.52. The van der Waals surface area contributed by atoms with Crippen LogP contribution in [0.1, 0.15) is 28.1 Å². The Bertz CT molecular complexity index is 1270. The third kappa shape index (κ3) is 3.28. The SMILES string of the molecule is O=c1c2c3c(sc2ncn1Cc1csc(-c2ccc(C(F)(F)F)cc2)n1)CCC3. The maximum absolute atomic E-state index is 13.0. The molecule has 0 atom stereocenters. The molecule has 4 nitrogen and oxygen atoms in total. The van der Waals surface area contributed by atoms with Crippen LogP contribution in [0, 0.1) is 0 Å². The number of hydrogen-bond donors (Lipinski definition) is 0. The average Bonchev–Trinajstić information content (AvgIpc) is 3.39. The molecule has 0 aliphatic heterocycles. The molecule has 29 heavy (non-hydrogen) atoms. The van der Waals surface area contributed by atoms with Gasteiger partial charge in [-0.15, -0.1) is 22.7 Å². The second-order valence-electron chi connectivity index (χ2n) is 6.93. The van der Waals surface area contributed by atoms with E-state index in [1.54, 1.807) is 22.2 Å². The molecule has 1 aromatic carbocycles. The zero-order chi connectivity index (χ0) is 20.2. The van der Waals surface area contributed by atoms with Gasteiger partial charge in [-0.25, -0.2) is 9.97 Å². The first-order chi connectivity index (χ1) is 13.9. The summed E-state index contributed by atoms with van der Waals surface area (Å²) in [5.41, 5.74) is 1.69. The van der Waals surface area contributed by atoms with E-state index in [0.29, 0.717) is 16.3 Å². The van der Waals surface area contributed by atoms with Crippen LogP contribution in [0.15, 0.2) is 40.8 Å². The predicted molar refractivity (Wildman–Crippen MR) is 108 cm³/mol. The molecule has 0 N–H and O–H groups in total. The zero-order valence-corrected chi connectivity index (χ0v) is 16.6. The first-order valence-electron chi connectivity index (χ1n) is 9.02. The van der Waals surface area contributed by atoms with Crippen LogP contribution < -0.4 is 5.56 Å². The van der Waals surface area contributed by atoms with Crippen molar-refractivity contribution >= 4 is 32.9 Å². The molecule has 1 aliphatic carbocycles. The van der Waals surface area contributed by atoms with E-state index >= 15 is 0 Å². The smallest absolute Gasteiger partial charge is 0.293 e. The molecule has 5 rings (SSSR count). The fourth-order valence-corrected chi connectivity index (χ4v) is 5.66. The van der Waals surface area contributed by atoms with Gasteiger partial charge in [-0.2, -0.15) is 13.2 Å². The first-order valence-corrected chi connectivity index (χ1v) is 10.7. The second-order valence-corrected chi connectivity index (χ2v) is 8.88. The minimum Gasteiger partial charge on any atom is -0.293 e. The first kappa shape index (κ1) is 18.5. The number of hydrogen-bond acceptors (Lipinski definition) is 5. The lowest BCUT2D eigenvalue weighted by atomic mass is 10.1. The van der Waals surface area contributed by atoms with Crippen LogP contribution in [0.25, 0.3) is 20.8 Å². The average molecular weight is 433 g/mol. The summed E-state index contributed by atoms with van der Waals surface area (Å²) in [6.45, 7) is 0.281. The van der Waals surface area contributed by atoms with E-state index in [4.69, 9.17) is 0 Å². The third-order valence-corrected chi connectivity index (χ3v) is 7.18. The topological polar surface area (TPSA) is 47.8 Å². The van der Waals surface area contributed by atoms with E-state index in [-0.39, 0.29) is 12.1 Å². The molecule has 0 unspecified atom stereocenters. The second kappa shape index (κ2) is 6.77. The number of thiazole rings is 1. The van der Waals surface area contributed by atoms with E-state index in [2.05, 4.69) is 9.97 Å². The van der Waals surface area contributed by atoms with Gasteiger partial charge >= 0.3 is 6.18 Å². The summed E-state index contributed by atoms with van der Waals surface area (Å²) in [4.78, 5) is 24.0. The van der Waals surface area contributed by atoms with Crippen molar-refractivity contribution in [2.75, 3.05) is 0 Å². The van der Waals surface area contributed by atoms with Crippen LogP contribution in [0.4, 0.5) is 13.2 Å². The number of halogens is 3. The van der Waals surface area contributed by atoms with Gasteiger partial charge in [0.2, 0.25) is 0 Å². The minimum atomic E-state index is -4.36. The number of thiophene rings is 1. The monoisotopic (exact) mass is 433 g/mol. The lowest BCUT2D eigenvalue weighted by Crippen LogP contribution is -2.21. The van der Waals surface area contributed by atoms with Crippen LogP contribution in [-0.2, 0) is 25.6 Å². The molecule has 0 radical (unpaired) electrons. The molecule has 0 saturated heterocycles. The molecular weight excluding hydrogens is 419 g/mol. The van der Waals surface area contributed by atoms with Crippen LogP contribution >= 0.6 is 22.7 Å². The summed E-state index contributed by atoms with van der Waals surface area (Å²) in [5, 5.41) is 3.16. The Morgan fingerprint density at radius 1 is 1.14 bits per heavy atom. The van der Waals surface area contributed by atoms with Gasteiger partial charge in [0.05, 0.1) is 29.5 Å². The highest BCUT2D eigenvalue weighted by atomic mass is 32.1. The molecule has 4 aromatic rings. The van der Waals surface area contributed by atoms with Gasteiger partial charge in [0.1, 0.15) is 9.84 Å². The van der Waals surface area contributed by atoms with E-state index in [9.17, 15) is 18.0 Å². The van der Waals surface area contributed by atoms with Gasteiger partial charge in [-0.3, -0.25) is 9.36 Å². The molecule has 0 fully saturated rings. The molecule has 0 saturated carbocycles. The van der Waals surface area contributed by atoms with Crippen molar-refractivity contribution in [2.45, 2.75) is 32.0 Å². The van der Waals surface area contributed by atoms with Gasteiger partial charge in [0.25, 0.3) is 5.56 Å². The van der Waals surface area contributed by atoms with Crippen molar-refractivity contribution < 1.29 is 13.2 Å². The van der Waals surface area contributed by atoms with Crippen LogP contribution in [-0.4, -0.2) is 14.5 Å². The normalized spacial score (nSPS) is 13.9. The number of aryl methyl sites for hydroxylation is 2. The summed E-state index contributed by atoms with van der Waals surface area (Å²) in [5.74, 6) is 0. The number of aromatic nitrogens is 3. The zero-order valence-electron chi connectivity index (χ0n) is 15.0. The van der Waals surface area contributed by atoms with Gasteiger partial charge < -0.3 is 0 Å². The number of nitrogens with zero attached hydrogens (tertiary/aromatic N) is 3. The van der Waals surface area contributed by atoms with Crippen molar-refractivity contribution in [1.82, 2.24) is 14.5 Å². The number of benzene rings is 1. The fraction of sp³-hybridized carbons (Fsp3) is 0.250. The lowest BCUT2D eigenvalue weighted by molar-refractivity contribution is -0.137. The fourth-order valence-electron chi connectivity index (χ4n) is 3.62. The predicted octanol–water partition coefficient (Wildman–Crippen LogP) is 5.14. The van der Waals surface area contributed by atoms with E-state index in [0.717, 1.165) is 47.2 Å². The van der Waals surface area contributed by atoms with Crippen molar-refractivity contribution in [3.8, 4) is 10.6 Å². The highest BCUT2D eigenvalue weighted by molar-refractivity contribution is 7.18. The molecule has 0 bridgehead atoms. The lowest BCUT2D eigenvalue weighted by Gasteiger charge is -2.06. The summed E-state index contributed by atoms with van der Waals surface area (Å²) < 4.78 is 39.7. The van der Waals surface area contributed by atoms with Gasteiger partial charge in [0.15, 0.2) is 0 Å². The third-order valence-electron chi connectivity index (χ3n) is 5.04. The molecule has 9 heteroatoms. The van der Waals surface area contributed by atoms with Gasteiger partial charge in [-0.05, 0) is 37.0 Å². The van der Waals surface area contributed by atoms with Gasteiger partial charge in [-0.1, -0.05) is 12.1 Å². The molecule has 0 spiro atoms. The Kier molecular flexibility index (Phi) is 4.32. The van der Waals surface area contributed by atoms with Crippen molar-refractivity contribution in [3.63, 3.8) is 0 Å². The highest BCUT2D eigenvalue weighted by Gasteiger charge is 2.30. The summed E-state index contributed by atoms with van der Waals surface area (Å²) in [6.07, 6.45) is 0.201. The molecule has 3 heterocycles. The van der Waals surface area contributed by atoms with Crippen molar-refractivity contribution in [3.05, 3.63) is 68.0 Å². The Morgan fingerprint density at radius 3 is 2.69 bits per heavy atom. The maximum atomic E-state index is 13.0. The Balaban J connectivity index is 1.43. The highest BCUT2D eigenvalue weighted by Crippen LogP contribution is 2.34. The summed E-state index contributed by atoms with van der Waals surface area (Å²) in [7, 11) is 0. The molecule has 148 valence electrons. The number of alkyl halides is 3.